The number of aryl methyl sites for hydroxylation is 1. The number of hydrogen-bond donors (Lipinski definition) is 2. The van der Waals surface area contributed by atoms with E-state index in [1.165, 1.54) is 42.5 Å². The van der Waals surface area contributed by atoms with Crippen LogP contribution >= 0.6 is 11.3 Å². The maximum absolute atomic E-state index is 13.5. The van der Waals surface area contributed by atoms with Crippen LogP contribution < -0.4 is 15.6 Å². The number of thiophene rings is 1. The van der Waals surface area contributed by atoms with Gasteiger partial charge >= 0.3 is 0 Å². The van der Waals surface area contributed by atoms with E-state index in [0.29, 0.717) is 0 Å². The van der Waals surface area contributed by atoms with E-state index >= 15 is 0 Å². The summed E-state index contributed by atoms with van der Waals surface area (Å²) in [5.41, 5.74) is 5.55. The Bertz CT molecular complexity index is 758. The van der Waals surface area contributed by atoms with Gasteiger partial charge in [-0.15, -0.1) is 11.3 Å². The van der Waals surface area contributed by atoms with Crippen LogP contribution in [0.1, 0.15) is 17.4 Å². The highest BCUT2D eigenvalue weighted by molar-refractivity contribution is 7.11. The van der Waals surface area contributed by atoms with Gasteiger partial charge in [-0.1, -0.05) is 12.1 Å². The zero-order valence-electron chi connectivity index (χ0n) is 13.2. The van der Waals surface area contributed by atoms with Crippen molar-refractivity contribution < 1.29 is 18.7 Å². The van der Waals surface area contributed by atoms with Crippen LogP contribution in [0.2, 0.25) is 0 Å². The van der Waals surface area contributed by atoms with Gasteiger partial charge in [0.05, 0.1) is 0 Å². The second kappa shape index (κ2) is 8.26. The van der Waals surface area contributed by atoms with Gasteiger partial charge in [-0.05, 0) is 49.1 Å². The van der Waals surface area contributed by atoms with E-state index in [9.17, 15) is 14.0 Å². The van der Waals surface area contributed by atoms with Crippen LogP contribution in [0.15, 0.2) is 41.8 Å². The van der Waals surface area contributed by atoms with Crippen LogP contribution in [-0.4, -0.2) is 17.9 Å². The maximum atomic E-state index is 13.5. The Balaban J connectivity index is 1.82. The summed E-state index contributed by atoms with van der Waals surface area (Å²) in [4.78, 5) is 24.5. The van der Waals surface area contributed by atoms with E-state index < -0.39 is 23.7 Å². The Morgan fingerprint density at radius 3 is 2.67 bits per heavy atom. The minimum atomic E-state index is -0.967. The number of nitrogens with one attached hydrogen (secondary N) is 2. The minimum Gasteiger partial charge on any atom is -0.478 e. The fourth-order valence-electron chi connectivity index (χ4n) is 1.76. The number of carbonyl (C=O) groups is 2. The van der Waals surface area contributed by atoms with E-state index in [-0.39, 0.29) is 5.75 Å². The van der Waals surface area contributed by atoms with E-state index in [1.807, 2.05) is 18.4 Å². The number of para-hydroxylation sites is 1. The van der Waals surface area contributed by atoms with Crippen molar-refractivity contribution in [3.05, 3.63) is 58.0 Å². The number of ether oxygens (including phenoxy) is 1. The van der Waals surface area contributed by atoms with Crippen molar-refractivity contribution >= 4 is 29.2 Å². The molecule has 24 heavy (non-hydrogen) atoms. The Kier molecular flexibility index (Phi) is 6.08. The minimum absolute atomic E-state index is 0.0282. The molecule has 0 aliphatic heterocycles. The molecule has 5 nitrogen and oxygen atoms in total. The van der Waals surface area contributed by atoms with Crippen molar-refractivity contribution in [2.45, 2.75) is 20.0 Å². The lowest BCUT2D eigenvalue weighted by atomic mass is 10.3. The molecule has 7 heteroatoms. The molecule has 126 valence electrons. The fourth-order valence-corrected chi connectivity index (χ4v) is 2.58. The van der Waals surface area contributed by atoms with Gasteiger partial charge in [0.1, 0.15) is 0 Å². The van der Waals surface area contributed by atoms with Crippen molar-refractivity contribution in [1.29, 1.82) is 0 Å². The number of halogens is 1. The third-order valence-corrected chi connectivity index (χ3v) is 4.09. The molecule has 0 aliphatic rings. The average Bonchev–Trinajstić information content (AvgIpc) is 2.97. The first-order chi connectivity index (χ1) is 11.5. The Labute approximate surface area is 143 Å². The summed E-state index contributed by atoms with van der Waals surface area (Å²) < 4.78 is 18.7. The number of hydrazine groups is 1. The molecule has 0 aliphatic carbocycles. The van der Waals surface area contributed by atoms with Gasteiger partial charge in [-0.25, -0.2) is 4.39 Å². The lowest BCUT2D eigenvalue weighted by Crippen LogP contribution is -2.46. The van der Waals surface area contributed by atoms with Gasteiger partial charge in [0.2, 0.25) is 0 Å². The SMILES string of the molecule is Cc1ccsc1/C=C/C(=O)NNC(=O)[C@@H](C)Oc1ccccc1F. The highest BCUT2D eigenvalue weighted by atomic mass is 32.1. The van der Waals surface area contributed by atoms with Gasteiger partial charge in [-0.2, -0.15) is 0 Å². The summed E-state index contributed by atoms with van der Waals surface area (Å²) >= 11 is 1.51. The highest BCUT2D eigenvalue weighted by Crippen LogP contribution is 2.17. The third kappa shape index (κ3) is 4.92. The highest BCUT2D eigenvalue weighted by Gasteiger charge is 2.16. The molecule has 0 unspecified atom stereocenters. The van der Waals surface area contributed by atoms with Gasteiger partial charge in [-0.3, -0.25) is 20.4 Å². The number of carbonyl (C=O) groups excluding carboxylic acids is 2. The number of benzene rings is 1. The molecule has 2 N–H and O–H groups in total. The first-order valence-corrected chi connectivity index (χ1v) is 8.08. The van der Waals surface area contributed by atoms with E-state index in [4.69, 9.17) is 4.74 Å². The number of amides is 2. The molecular weight excluding hydrogens is 331 g/mol. The smallest absolute Gasteiger partial charge is 0.279 e. The van der Waals surface area contributed by atoms with Crippen LogP contribution in [0.3, 0.4) is 0 Å². The van der Waals surface area contributed by atoms with Crippen molar-refractivity contribution in [2.75, 3.05) is 0 Å². The molecule has 2 amide bonds. The Morgan fingerprint density at radius 2 is 2.00 bits per heavy atom. The predicted octanol–water partition coefficient (Wildman–Crippen LogP) is 2.82. The van der Waals surface area contributed by atoms with Crippen LogP contribution in [0.5, 0.6) is 5.75 Å². The number of hydrogen-bond acceptors (Lipinski definition) is 4. The maximum Gasteiger partial charge on any atom is 0.279 e. The number of rotatable bonds is 5. The van der Waals surface area contributed by atoms with Gasteiger partial charge in [0.15, 0.2) is 17.7 Å². The monoisotopic (exact) mass is 348 g/mol. The summed E-state index contributed by atoms with van der Waals surface area (Å²) in [5.74, 6) is -1.66. The van der Waals surface area contributed by atoms with E-state index in [1.54, 1.807) is 12.1 Å². The molecule has 0 saturated heterocycles. The summed E-state index contributed by atoms with van der Waals surface area (Å²) in [6.45, 7) is 3.40. The summed E-state index contributed by atoms with van der Waals surface area (Å²) in [7, 11) is 0. The molecular formula is C17H17FN2O3S. The second-order valence-corrected chi connectivity index (χ2v) is 5.92. The lowest BCUT2D eigenvalue weighted by Gasteiger charge is -2.15. The molecule has 0 bridgehead atoms. The lowest BCUT2D eigenvalue weighted by molar-refractivity contribution is -0.131. The zero-order valence-corrected chi connectivity index (χ0v) is 14.0. The van der Waals surface area contributed by atoms with Crippen LogP contribution in [0.4, 0.5) is 4.39 Å². The predicted molar refractivity (Wildman–Crippen MR) is 90.9 cm³/mol. The Morgan fingerprint density at radius 1 is 1.25 bits per heavy atom. The van der Waals surface area contributed by atoms with E-state index in [0.717, 1.165) is 10.4 Å². The molecule has 0 fully saturated rings. The van der Waals surface area contributed by atoms with Crippen molar-refractivity contribution in [1.82, 2.24) is 10.9 Å². The van der Waals surface area contributed by atoms with Crippen LogP contribution in [0.25, 0.3) is 6.08 Å². The van der Waals surface area contributed by atoms with Crippen LogP contribution in [-0.2, 0) is 9.59 Å². The molecule has 1 heterocycles. The average molecular weight is 348 g/mol. The van der Waals surface area contributed by atoms with Crippen molar-refractivity contribution in [3.8, 4) is 5.75 Å². The summed E-state index contributed by atoms with van der Waals surface area (Å²) in [6, 6.07) is 7.73. The molecule has 1 atom stereocenters. The van der Waals surface area contributed by atoms with Crippen LogP contribution in [0, 0.1) is 12.7 Å². The van der Waals surface area contributed by atoms with Gasteiger partial charge in [0, 0.05) is 11.0 Å². The molecule has 2 aromatic rings. The largest absolute Gasteiger partial charge is 0.478 e. The zero-order chi connectivity index (χ0) is 17.5. The van der Waals surface area contributed by atoms with Crippen molar-refractivity contribution in [3.63, 3.8) is 0 Å². The molecule has 0 saturated carbocycles. The summed E-state index contributed by atoms with van der Waals surface area (Å²) in [5, 5.41) is 1.93. The molecule has 1 aromatic carbocycles. The van der Waals surface area contributed by atoms with Gasteiger partial charge < -0.3 is 4.74 Å². The summed E-state index contributed by atoms with van der Waals surface area (Å²) in [6.07, 6.45) is 2.02. The molecule has 0 spiro atoms. The van der Waals surface area contributed by atoms with Gasteiger partial charge in [0.25, 0.3) is 11.8 Å². The normalized spacial score (nSPS) is 12.0. The quantitative estimate of drug-likeness (QED) is 0.645. The van der Waals surface area contributed by atoms with Crippen molar-refractivity contribution in [2.24, 2.45) is 0 Å². The first-order valence-electron chi connectivity index (χ1n) is 7.20. The standard InChI is InChI=1S/C17H17FN2O3S/c1-11-9-10-24-15(11)7-8-16(21)19-20-17(22)12(2)23-14-6-4-3-5-13(14)18/h3-10,12H,1-2H3,(H,19,21)(H,20,22)/b8-7+/t12-/m1/s1. The first kappa shape index (κ1) is 17.7. The fraction of sp³-hybridized carbons (Fsp3) is 0.176. The topological polar surface area (TPSA) is 67.4 Å². The molecule has 1 aromatic heterocycles. The van der Waals surface area contributed by atoms with E-state index in [2.05, 4.69) is 10.9 Å². The third-order valence-electron chi connectivity index (χ3n) is 3.11. The second-order valence-electron chi connectivity index (χ2n) is 4.97. The Hall–Kier alpha value is -2.67. The molecule has 0 radical (unpaired) electrons. The molecule has 2 rings (SSSR count).